The Bertz CT molecular complexity index is 235. The molecule has 13 heavy (non-hydrogen) atoms. The summed E-state index contributed by atoms with van der Waals surface area (Å²) in [7, 11) is 0. The van der Waals surface area contributed by atoms with E-state index < -0.39 is 0 Å². The van der Waals surface area contributed by atoms with Crippen LogP contribution in [0.2, 0.25) is 0 Å². The second-order valence-electron chi connectivity index (χ2n) is 2.88. The summed E-state index contributed by atoms with van der Waals surface area (Å²) < 4.78 is 0. The van der Waals surface area contributed by atoms with E-state index in [0.29, 0.717) is 0 Å². The SMILES string of the molecule is CCNCCNCc1cnc(C)s1. The summed E-state index contributed by atoms with van der Waals surface area (Å²) in [5.74, 6) is 0. The Morgan fingerprint density at radius 3 is 2.77 bits per heavy atom. The molecule has 0 amide bonds. The number of likely N-dealkylation sites (N-methyl/N-ethyl adjacent to an activating group) is 1. The highest BCUT2D eigenvalue weighted by Crippen LogP contribution is 2.10. The zero-order chi connectivity index (χ0) is 9.52. The van der Waals surface area contributed by atoms with Crippen molar-refractivity contribution in [3.8, 4) is 0 Å². The molecular formula is C9H17N3S. The van der Waals surface area contributed by atoms with Crippen LogP contribution >= 0.6 is 11.3 Å². The Balaban J connectivity index is 2.06. The van der Waals surface area contributed by atoms with Crippen LogP contribution in [0.5, 0.6) is 0 Å². The molecule has 2 N–H and O–H groups in total. The van der Waals surface area contributed by atoms with Crippen LogP contribution in [0.3, 0.4) is 0 Å². The van der Waals surface area contributed by atoms with Gasteiger partial charge in [-0.05, 0) is 13.5 Å². The molecule has 3 nitrogen and oxygen atoms in total. The molecule has 0 aliphatic rings. The van der Waals surface area contributed by atoms with E-state index in [1.807, 2.05) is 13.1 Å². The molecule has 0 spiro atoms. The maximum atomic E-state index is 4.19. The lowest BCUT2D eigenvalue weighted by Gasteiger charge is -2.02. The van der Waals surface area contributed by atoms with E-state index in [1.165, 1.54) is 4.88 Å². The summed E-state index contributed by atoms with van der Waals surface area (Å²) in [5.41, 5.74) is 0. The van der Waals surface area contributed by atoms with E-state index >= 15 is 0 Å². The van der Waals surface area contributed by atoms with E-state index in [-0.39, 0.29) is 0 Å². The largest absolute Gasteiger partial charge is 0.316 e. The lowest BCUT2D eigenvalue weighted by Crippen LogP contribution is -2.26. The minimum Gasteiger partial charge on any atom is -0.316 e. The smallest absolute Gasteiger partial charge is 0.0897 e. The Morgan fingerprint density at radius 1 is 1.38 bits per heavy atom. The maximum Gasteiger partial charge on any atom is 0.0897 e. The van der Waals surface area contributed by atoms with Crippen molar-refractivity contribution in [2.24, 2.45) is 0 Å². The van der Waals surface area contributed by atoms with Crippen LogP contribution < -0.4 is 10.6 Å². The number of hydrogen-bond donors (Lipinski definition) is 2. The number of aryl methyl sites for hydroxylation is 1. The van der Waals surface area contributed by atoms with Crippen molar-refractivity contribution < 1.29 is 0 Å². The molecule has 0 radical (unpaired) electrons. The number of aromatic nitrogens is 1. The Morgan fingerprint density at radius 2 is 2.15 bits per heavy atom. The summed E-state index contributed by atoms with van der Waals surface area (Å²) in [6.07, 6.45) is 1.94. The lowest BCUT2D eigenvalue weighted by molar-refractivity contribution is 0.628. The third-order valence-electron chi connectivity index (χ3n) is 1.70. The zero-order valence-electron chi connectivity index (χ0n) is 8.26. The fourth-order valence-corrected chi connectivity index (χ4v) is 1.82. The minimum atomic E-state index is 0.941. The van der Waals surface area contributed by atoms with Crippen molar-refractivity contribution in [1.82, 2.24) is 15.6 Å². The third-order valence-corrected chi connectivity index (χ3v) is 2.61. The second kappa shape index (κ2) is 6.07. The molecule has 0 saturated carbocycles. The van der Waals surface area contributed by atoms with Gasteiger partial charge in [0.2, 0.25) is 0 Å². The standard InChI is InChI=1S/C9H17N3S/c1-3-10-4-5-11-6-9-7-12-8(2)13-9/h7,10-11H,3-6H2,1-2H3. The van der Waals surface area contributed by atoms with E-state index in [4.69, 9.17) is 0 Å². The van der Waals surface area contributed by atoms with Crippen LogP contribution in [-0.4, -0.2) is 24.6 Å². The van der Waals surface area contributed by atoms with Crippen LogP contribution in [0, 0.1) is 6.92 Å². The molecule has 0 bridgehead atoms. The predicted octanol–water partition coefficient (Wildman–Crippen LogP) is 1.15. The van der Waals surface area contributed by atoms with Crippen LogP contribution in [0.25, 0.3) is 0 Å². The van der Waals surface area contributed by atoms with Gasteiger partial charge >= 0.3 is 0 Å². The second-order valence-corrected chi connectivity index (χ2v) is 4.20. The van der Waals surface area contributed by atoms with Gasteiger partial charge in [0.15, 0.2) is 0 Å². The molecule has 0 fully saturated rings. The van der Waals surface area contributed by atoms with Crippen LogP contribution in [-0.2, 0) is 6.54 Å². The van der Waals surface area contributed by atoms with Gasteiger partial charge in [0.25, 0.3) is 0 Å². The topological polar surface area (TPSA) is 37.0 Å². The Labute approximate surface area is 83.6 Å². The number of hydrogen-bond acceptors (Lipinski definition) is 4. The van der Waals surface area contributed by atoms with Gasteiger partial charge in [0, 0.05) is 30.7 Å². The molecule has 1 heterocycles. The average molecular weight is 199 g/mol. The molecule has 0 saturated heterocycles. The highest BCUT2D eigenvalue weighted by Gasteiger charge is 1.96. The molecule has 1 aromatic rings. The quantitative estimate of drug-likeness (QED) is 0.675. The normalized spacial score (nSPS) is 10.6. The van der Waals surface area contributed by atoms with Gasteiger partial charge < -0.3 is 10.6 Å². The van der Waals surface area contributed by atoms with Crippen molar-refractivity contribution in [1.29, 1.82) is 0 Å². The van der Waals surface area contributed by atoms with Crippen molar-refractivity contribution in [2.45, 2.75) is 20.4 Å². The number of rotatable bonds is 6. The van der Waals surface area contributed by atoms with Crippen molar-refractivity contribution in [3.63, 3.8) is 0 Å². The maximum absolute atomic E-state index is 4.19. The van der Waals surface area contributed by atoms with Gasteiger partial charge in [-0.3, -0.25) is 0 Å². The summed E-state index contributed by atoms with van der Waals surface area (Å²) in [5, 5.41) is 7.76. The highest BCUT2D eigenvalue weighted by molar-refractivity contribution is 7.11. The summed E-state index contributed by atoms with van der Waals surface area (Å²) in [6.45, 7) is 8.19. The fraction of sp³-hybridized carbons (Fsp3) is 0.667. The summed E-state index contributed by atoms with van der Waals surface area (Å²) >= 11 is 1.76. The molecule has 4 heteroatoms. The number of nitrogens with zero attached hydrogens (tertiary/aromatic N) is 1. The average Bonchev–Trinajstić information content (AvgIpc) is 2.51. The Hall–Kier alpha value is -0.450. The number of nitrogens with one attached hydrogen (secondary N) is 2. The zero-order valence-corrected chi connectivity index (χ0v) is 9.08. The van der Waals surface area contributed by atoms with Crippen LogP contribution in [0.4, 0.5) is 0 Å². The molecular weight excluding hydrogens is 182 g/mol. The molecule has 0 aromatic carbocycles. The van der Waals surface area contributed by atoms with Gasteiger partial charge in [-0.15, -0.1) is 11.3 Å². The molecule has 0 unspecified atom stereocenters. The first-order chi connectivity index (χ1) is 6.33. The molecule has 1 aromatic heterocycles. The third kappa shape index (κ3) is 4.36. The van der Waals surface area contributed by atoms with Gasteiger partial charge in [-0.1, -0.05) is 6.92 Å². The Kier molecular flexibility index (Phi) is 4.97. The van der Waals surface area contributed by atoms with Gasteiger partial charge in [-0.25, -0.2) is 4.98 Å². The fourth-order valence-electron chi connectivity index (χ4n) is 1.05. The first kappa shape index (κ1) is 10.6. The predicted molar refractivity (Wildman–Crippen MR) is 57.1 cm³/mol. The molecule has 74 valence electrons. The van der Waals surface area contributed by atoms with E-state index in [0.717, 1.165) is 31.2 Å². The van der Waals surface area contributed by atoms with E-state index in [1.54, 1.807) is 11.3 Å². The van der Waals surface area contributed by atoms with Gasteiger partial charge in [-0.2, -0.15) is 0 Å². The van der Waals surface area contributed by atoms with Crippen molar-refractivity contribution in [2.75, 3.05) is 19.6 Å². The van der Waals surface area contributed by atoms with Crippen LogP contribution in [0.1, 0.15) is 16.8 Å². The number of thiazole rings is 1. The monoisotopic (exact) mass is 199 g/mol. The van der Waals surface area contributed by atoms with Crippen molar-refractivity contribution in [3.05, 3.63) is 16.1 Å². The minimum absolute atomic E-state index is 0.941. The lowest BCUT2D eigenvalue weighted by atomic mass is 10.5. The molecule has 0 atom stereocenters. The molecule has 1 rings (SSSR count). The molecule has 0 aliphatic heterocycles. The van der Waals surface area contributed by atoms with E-state index in [2.05, 4.69) is 22.5 Å². The van der Waals surface area contributed by atoms with E-state index in [9.17, 15) is 0 Å². The van der Waals surface area contributed by atoms with Crippen LogP contribution in [0.15, 0.2) is 6.20 Å². The first-order valence-electron chi connectivity index (χ1n) is 4.65. The van der Waals surface area contributed by atoms with Gasteiger partial charge in [0.05, 0.1) is 5.01 Å². The van der Waals surface area contributed by atoms with Gasteiger partial charge in [0.1, 0.15) is 0 Å². The molecule has 0 aliphatic carbocycles. The summed E-state index contributed by atoms with van der Waals surface area (Å²) in [4.78, 5) is 5.51. The van der Waals surface area contributed by atoms with Crippen molar-refractivity contribution >= 4 is 11.3 Å². The first-order valence-corrected chi connectivity index (χ1v) is 5.47. The summed E-state index contributed by atoms with van der Waals surface area (Å²) in [6, 6.07) is 0. The highest BCUT2D eigenvalue weighted by atomic mass is 32.1.